The van der Waals surface area contributed by atoms with Crippen LogP contribution in [0.3, 0.4) is 0 Å². The van der Waals surface area contributed by atoms with Crippen LogP contribution in [-0.4, -0.2) is 24.0 Å². The fourth-order valence-corrected chi connectivity index (χ4v) is 2.63. The van der Waals surface area contributed by atoms with Gasteiger partial charge in [0.2, 0.25) is 0 Å². The third kappa shape index (κ3) is 2.48. The number of hydrogen-bond donors (Lipinski definition) is 1. The van der Waals surface area contributed by atoms with Crippen molar-refractivity contribution in [3.05, 3.63) is 35.4 Å². The van der Waals surface area contributed by atoms with Gasteiger partial charge in [0.05, 0.1) is 6.04 Å². The van der Waals surface area contributed by atoms with Crippen molar-refractivity contribution >= 4 is 0 Å². The molecule has 1 aliphatic heterocycles. The maximum Gasteiger partial charge on any atom is 0.128 e. The quantitative estimate of drug-likeness (QED) is 0.879. The topological polar surface area (TPSA) is 29.3 Å². The minimum atomic E-state index is -0.410. The van der Waals surface area contributed by atoms with Crippen LogP contribution in [0.1, 0.15) is 31.4 Å². The zero-order valence-corrected chi connectivity index (χ0v) is 10.00. The third-order valence-electron chi connectivity index (χ3n) is 3.55. The summed E-state index contributed by atoms with van der Waals surface area (Å²) in [5.41, 5.74) is 6.11. The van der Waals surface area contributed by atoms with Gasteiger partial charge >= 0.3 is 0 Å². The Bertz CT molecular complexity index is 395. The van der Waals surface area contributed by atoms with Gasteiger partial charge in [-0.25, -0.2) is 8.78 Å². The number of likely N-dealkylation sites (tertiary alicyclic amines) is 1. The number of nitrogens with two attached hydrogens (primary N) is 1. The third-order valence-corrected chi connectivity index (χ3v) is 3.55. The van der Waals surface area contributed by atoms with Crippen LogP contribution in [0.15, 0.2) is 18.2 Å². The Hall–Kier alpha value is -1.00. The summed E-state index contributed by atoms with van der Waals surface area (Å²) in [6, 6.07) is 3.74. The molecule has 0 aromatic heterocycles. The van der Waals surface area contributed by atoms with E-state index in [4.69, 9.17) is 5.73 Å². The number of hydrogen-bond acceptors (Lipinski definition) is 2. The SMILES string of the molecule is CC1CCCN1C(CN)c1cc(F)ccc1F. The zero-order valence-electron chi connectivity index (χ0n) is 10.00. The van der Waals surface area contributed by atoms with E-state index in [-0.39, 0.29) is 11.9 Å². The lowest BCUT2D eigenvalue weighted by Gasteiger charge is -2.31. The second kappa shape index (κ2) is 5.10. The minimum Gasteiger partial charge on any atom is -0.329 e. The van der Waals surface area contributed by atoms with Crippen molar-refractivity contribution in [1.29, 1.82) is 0 Å². The van der Waals surface area contributed by atoms with Crippen molar-refractivity contribution in [2.45, 2.75) is 31.8 Å². The molecule has 1 aromatic carbocycles. The van der Waals surface area contributed by atoms with Gasteiger partial charge in [-0.05, 0) is 44.5 Å². The van der Waals surface area contributed by atoms with Gasteiger partial charge in [-0.2, -0.15) is 0 Å². The van der Waals surface area contributed by atoms with Crippen LogP contribution in [0.2, 0.25) is 0 Å². The molecule has 2 rings (SSSR count). The second-order valence-electron chi connectivity index (χ2n) is 4.65. The highest BCUT2D eigenvalue weighted by Crippen LogP contribution is 2.30. The highest BCUT2D eigenvalue weighted by Gasteiger charge is 2.29. The van der Waals surface area contributed by atoms with E-state index in [2.05, 4.69) is 11.8 Å². The minimum absolute atomic E-state index is 0.219. The number of nitrogens with zero attached hydrogens (tertiary/aromatic N) is 1. The number of benzene rings is 1. The van der Waals surface area contributed by atoms with E-state index in [1.807, 2.05) is 0 Å². The Labute approximate surface area is 100 Å². The summed E-state index contributed by atoms with van der Waals surface area (Å²) in [6.45, 7) is 3.32. The molecule has 2 atom stereocenters. The van der Waals surface area contributed by atoms with Crippen LogP contribution in [0.25, 0.3) is 0 Å². The highest BCUT2D eigenvalue weighted by molar-refractivity contribution is 5.23. The van der Waals surface area contributed by atoms with Crippen LogP contribution in [0.4, 0.5) is 8.78 Å². The highest BCUT2D eigenvalue weighted by atomic mass is 19.1. The Balaban J connectivity index is 2.31. The van der Waals surface area contributed by atoms with Crippen molar-refractivity contribution < 1.29 is 8.78 Å². The van der Waals surface area contributed by atoms with Crippen LogP contribution < -0.4 is 5.73 Å². The van der Waals surface area contributed by atoms with Gasteiger partial charge in [0.1, 0.15) is 11.6 Å². The van der Waals surface area contributed by atoms with Crippen LogP contribution >= 0.6 is 0 Å². The lowest BCUT2D eigenvalue weighted by atomic mass is 10.0. The van der Waals surface area contributed by atoms with E-state index in [9.17, 15) is 8.78 Å². The van der Waals surface area contributed by atoms with E-state index in [1.165, 1.54) is 12.1 Å². The van der Waals surface area contributed by atoms with E-state index in [0.29, 0.717) is 18.2 Å². The van der Waals surface area contributed by atoms with Crippen molar-refractivity contribution in [3.8, 4) is 0 Å². The van der Waals surface area contributed by atoms with E-state index >= 15 is 0 Å². The van der Waals surface area contributed by atoms with Gasteiger partial charge in [0.25, 0.3) is 0 Å². The summed E-state index contributed by atoms with van der Waals surface area (Å²) in [7, 11) is 0. The summed E-state index contributed by atoms with van der Waals surface area (Å²) in [5, 5.41) is 0. The lowest BCUT2D eigenvalue weighted by molar-refractivity contribution is 0.191. The molecular formula is C13H18F2N2. The van der Waals surface area contributed by atoms with Crippen molar-refractivity contribution in [2.24, 2.45) is 5.73 Å². The summed E-state index contributed by atoms with van der Waals surface area (Å²) < 4.78 is 26.9. The summed E-state index contributed by atoms with van der Waals surface area (Å²) in [4.78, 5) is 2.16. The Kier molecular flexibility index (Phi) is 3.74. The molecule has 0 spiro atoms. The maximum absolute atomic E-state index is 13.7. The lowest BCUT2D eigenvalue weighted by Crippen LogP contribution is -2.36. The van der Waals surface area contributed by atoms with Crippen molar-refractivity contribution in [2.75, 3.05) is 13.1 Å². The molecule has 17 heavy (non-hydrogen) atoms. The number of halogens is 2. The molecule has 2 unspecified atom stereocenters. The van der Waals surface area contributed by atoms with Gasteiger partial charge in [0, 0.05) is 18.2 Å². The molecule has 4 heteroatoms. The molecule has 1 heterocycles. The molecule has 1 aliphatic rings. The van der Waals surface area contributed by atoms with Crippen LogP contribution in [-0.2, 0) is 0 Å². The normalized spacial score (nSPS) is 22.9. The fraction of sp³-hybridized carbons (Fsp3) is 0.538. The molecule has 0 saturated carbocycles. The van der Waals surface area contributed by atoms with E-state index in [1.54, 1.807) is 0 Å². The molecule has 0 radical (unpaired) electrons. The molecule has 1 aromatic rings. The fourth-order valence-electron chi connectivity index (χ4n) is 2.63. The average Bonchev–Trinajstić information content (AvgIpc) is 2.71. The summed E-state index contributed by atoms with van der Waals surface area (Å²) >= 11 is 0. The molecule has 0 amide bonds. The van der Waals surface area contributed by atoms with Crippen molar-refractivity contribution in [3.63, 3.8) is 0 Å². The predicted molar refractivity (Wildman–Crippen MR) is 63.6 cm³/mol. The summed E-state index contributed by atoms with van der Waals surface area (Å²) in [5.74, 6) is -0.785. The number of rotatable bonds is 3. The van der Waals surface area contributed by atoms with Crippen LogP contribution in [0, 0.1) is 11.6 Å². The first-order valence-electron chi connectivity index (χ1n) is 6.04. The van der Waals surface area contributed by atoms with Gasteiger partial charge in [-0.3, -0.25) is 4.90 Å². The molecule has 1 saturated heterocycles. The van der Waals surface area contributed by atoms with E-state index in [0.717, 1.165) is 25.5 Å². The first-order valence-corrected chi connectivity index (χ1v) is 6.04. The first kappa shape index (κ1) is 12.5. The largest absolute Gasteiger partial charge is 0.329 e. The van der Waals surface area contributed by atoms with Crippen LogP contribution in [0.5, 0.6) is 0 Å². The molecule has 0 aliphatic carbocycles. The molecule has 1 fully saturated rings. The smallest absolute Gasteiger partial charge is 0.128 e. The van der Waals surface area contributed by atoms with Gasteiger partial charge < -0.3 is 5.73 Å². The van der Waals surface area contributed by atoms with E-state index < -0.39 is 5.82 Å². The zero-order chi connectivity index (χ0) is 12.4. The molecular weight excluding hydrogens is 222 g/mol. The predicted octanol–water partition coefficient (Wildman–Crippen LogP) is 2.45. The van der Waals surface area contributed by atoms with Gasteiger partial charge in [0.15, 0.2) is 0 Å². The van der Waals surface area contributed by atoms with Gasteiger partial charge in [-0.1, -0.05) is 0 Å². The molecule has 2 N–H and O–H groups in total. The molecule has 0 bridgehead atoms. The summed E-state index contributed by atoms with van der Waals surface area (Å²) in [6.07, 6.45) is 2.18. The Morgan fingerprint density at radius 3 is 2.82 bits per heavy atom. The van der Waals surface area contributed by atoms with Gasteiger partial charge in [-0.15, -0.1) is 0 Å². The molecule has 94 valence electrons. The molecule has 2 nitrogen and oxygen atoms in total. The second-order valence-corrected chi connectivity index (χ2v) is 4.65. The monoisotopic (exact) mass is 240 g/mol. The first-order chi connectivity index (χ1) is 8.13. The Morgan fingerprint density at radius 1 is 1.47 bits per heavy atom. The van der Waals surface area contributed by atoms with Crippen molar-refractivity contribution in [1.82, 2.24) is 4.90 Å². The Morgan fingerprint density at radius 2 is 2.24 bits per heavy atom. The average molecular weight is 240 g/mol. The standard InChI is InChI=1S/C13H18F2N2/c1-9-3-2-6-17(9)13(8-16)11-7-10(14)4-5-12(11)15/h4-5,7,9,13H,2-3,6,8,16H2,1H3. The maximum atomic E-state index is 13.7.